The van der Waals surface area contributed by atoms with Crippen LogP contribution >= 0.6 is 0 Å². The zero-order valence-corrected chi connectivity index (χ0v) is 10.8. The Kier molecular flexibility index (Phi) is 3.94. The molecule has 2 aromatic heterocycles. The van der Waals surface area contributed by atoms with Crippen molar-refractivity contribution in [3.05, 3.63) is 12.5 Å². The first-order valence-corrected chi connectivity index (χ1v) is 6.21. The van der Waals surface area contributed by atoms with E-state index in [1.165, 1.54) is 0 Å². The molecular weight excluding hydrogens is 246 g/mol. The summed E-state index contributed by atoms with van der Waals surface area (Å²) in [6.07, 6.45) is 5.08. The topological polar surface area (TPSA) is 107 Å². The van der Waals surface area contributed by atoms with Crippen LogP contribution in [0, 0.1) is 5.92 Å². The van der Waals surface area contributed by atoms with E-state index in [1.54, 1.807) is 12.5 Å². The summed E-state index contributed by atoms with van der Waals surface area (Å²) in [5.41, 5.74) is 7.00. The second kappa shape index (κ2) is 5.64. The second-order valence-electron chi connectivity index (χ2n) is 4.70. The van der Waals surface area contributed by atoms with Gasteiger partial charge in [-0.05, 0) is 18.8 Å². The number of aromatic nitrogens is 4. The highest BCUT2D eigenvalue weighted by molar-refractivity contribution is 5.70. The number of hydrogen-bond acceptors (Lipinski definition) is 5. The van der Waals surface area contributed by atoms with E-state index in [0.717, 1.165) is 18.6 Å². The molecule has 0 radical (unpaired) electrons. The first-order chi connectivity index (χ1) is 9.06. The molecular formula is C12H17N5O2. The van der Waals surface area contributed by atoms with Gasteiger partial charge < -0.3 is 15.4 Å². The van der Waals surface area contributed by atoms with Gasteiger partial charge in [-0.15, -0.1) is 0 Å². The minimum Gasteiger partial charge on any atom is -0.481 e. The summed E-state index contributed by atoms with van der Waals surface area (Å²) >= 11 is 0. The van der Waals surface area contributed by atoms with Gasteiger partial charge in [0.1, 0.15) is 5.52 Å². The molecule has 1 atom stereocenters. The third-order valence-electron chi connectivity index (χ3n) is 3.09. The normalized spacial score (nSPS) is 12.7. The lowest BCUT2D eigenvalue weighted by Gasteiger charge is -2.10. The van der Waals surface area contributed by atoms with E-state index in [2.05, 4.69) is 15.0 Å². The number of rotatable bonds is 6. The van der Waals surface area contributed by atoms with Crippen molar-refractivity contribution in [1.29, 1.82) is 0 Å². The number of nitrogens with zero attached hydrogens (tertiary/aromatic N) is 4. The average molecular weight is 263 g/mol. The number of nitrogen functional groups attached to an aromatic ring is 1. The minimum absolute atomic E-state index is 0.209. The van der Waals surface area contributed by atoms with Gasteiger partial charge in [-0.1, -0.05) is 6.92 Å². The van der Waals surface area contributed by atoms with Crippen LogP contribution in [0.15, 0.2) is 12.5 Å². The van der Waals surface area contributed by atoms with Gasteiger partial charge in [-0.2, -0.15) is 4.98 Å². The lowest BCUT2D eigenvalue weighted by atomic mass is 10.0. The Labute approximate surface area is 110 Å². The van der Waals surface area contributed by atoms with Crippen LogP contribution in [0.3, 0.4) is 0 Å². The van der Waals surface area contributed by atoms with E-state index < -0.39 is 5.97 Å². The Morgan fingerprint density at radius 3 is 3.00 bits per heavy atom. The van der Waals surface area contributed by atoms with Gasteiger partial charge in [0.2, 0.25) is 5.95 Å². The smallest absolute Gasteiger partial charge is 0.303 e. The molecule has 0 aliphatic heterocycles. The summed E-state index contributed by atoms with van der Waals surface area (Å²) < 4.78 is 1.92. The van der Waals surface area contributed by atoms with E-state index >= 15 is 0 Å². The molecule has 0 aliphatic rings. The van der Waals surface area contributed by atoms with Gasteiger partial charge in [-0.25, -0.2) is 9.97 Å². The lowest BCUT2D eigenvalue weighted by Crippen LogP contribution is -2.06. The molecule has 0 spiro atoms. The van der Waals surface area contributed by atoms with Crippen LogP contribution in [0.1, 0.15) is 26.2 Å². The number of anilines is 1. The number of carboxylic acids is 1. The minimum atomic E-state index is -0.750. The predicted octanol–water partition coefficient (Wildman–Crippen LogP) is 1.30. The molecule has 19 heavy (non-hydrogen) atoms. The fraction of sp³-hybridized carbons (Fsp3) is 0.500. The van der Waals surface area contributed by atoms with Crippen molar-refractivity contribution in [2.75, 3.05) is 5.73 Å². The van der Waals surface area contributed by atoms with Gasteiger partial charge in [0.05, 0.1) is 12.5 Å². The summed E-state index contributed by atoms with van der Waals surface area (Å²) in [5, 5.41) is 8.64. The van der Waals surface area contributed by atoms with Crippen molar-refractivity contribution >= 4 is 23.1 Å². The average Bonchev–Trinajstić information content (AvgIpc) is 2.76. The fourth-order valence-electron chi connectivity index (χ4n) is 1.91. The number of aryl methyl sites for hydroxylation is 1. The van der Waals surface area contributed by atoms with Gasteiger partial charge >= 0.3 is 5.97 Å². The highest BCUT2D eigenvalue weighted by Crippen LogP contribution is 2.15. The summed E-state index contributed by atoms with van der Waals surface area (Å²) in [5.74, 6) is -0.179. The quantitative estimate of drug-likeness (QED) is 0.813. The first kappa shape index (κ1) is 13.3. The molecule has 2 heterocycles. The van der Waals surface area contributed by atoms with Gasteiger partial charge in [0.15, 0.2) is 5.65 Å². The molecule has 102 valence electrons. The molecule has 2 rings (SSSR count). The number of hydrogen-bond donors (Lipinski definition) is 2. The number of carboxylic acid groups (broad SMARTS) is 1. The van der Waals surface area contributed by atoms with Crippen LogP contribution in [0.25, 0.3) is 11.2 Å². The molecule has 7 nitrogen and oxygen atoms in total. The molecule has 0 aliphatic carbocycles. The van der Waals surface area contributed by atoms with Crippen molar-refractivity contribution in [2.24, 2.45) is 5.92 Å². The standard InChI is InChI=1S/C12H17N5O2/c1-8(2-3-10(18)19)4-5-17-7-15-9-6-14-12(13)16-11(9)17/h6-8H,2-5H2,1H3,(H,18,19)(H2,13,14,16). The Balaban J connectivity index is 1.98. The number of nitrogens with two attached hydrogens (primary N) is 1. The molecule has 0 saturated heterocycles. The third-order valence-corrected chi connectivity index (χ3v) is 3.09. The molecule has 1 unspecified atom stereocenters. The molecule has 2 aromatic rings. The van der Waals surface area contributed by atoms with Gasteiger partial charge in [-0.3, -0.25) is 4.79 Å². The predicted molar refractivity (Wildman–Crippen MR) is 70.4 cm³/mol. The molecule has 0 aromatic carbocycles. The van der Waals surface area contributed by atoms with Crippen LogP contribution in [0.4, 0.5) is 5.95 Å². The van der Waals surface area contributed by atoms with Crippen molar-refractivity contribution in [1.82, 2.24) is 19.5 Å². The van der Waals surface area contributed by atoms with Crippen molar-refractivity contribution < 1.29 is 9.90 Å². The van der Waals surface area contributed by atoms with Crippen molar-refractivity contribution in [3.8, 4) is 0 Å². The van der Waals surface area contributed by atoms with Crippen LogP contribution in [-0.2, 0) is 11.3 Å². The van der Waals surface area contributed by atoms with Crippen LogP contribution in [0.2, 0.25) is 0 Å². The monoisotopic (exact) mass is 263 g/mol. The van der Waals surface area contributed by atoms with Crippen molar-refractivity contribution in [2.45, 2.75) is 32.7 Å². The van der Waals surface area contributed by atoms with Gasteiger partial charge in [0.25, 0.3) is 0 Å². The number of aliphatic carboxylic acids is 1. The van der Waals surface area contributed by atoms with Crippen LogP contribution < -0.4 is 5.73 Å². The third kappa shape index (κ3) is 3.40. The zero-order chi connectivity index (χ0) is 13.8. The highest BCUT2D eigenvalue weighted by Gasteiger charge is 2.09. The SMILES string of the molecule is CC(CCC(=O)O)CCn1cnc2cnc(N)nc21. The number of carbonyl (C=O) groups is 1. The molecule has 0 saturated carbocycles. The highest BCUT2D eigenvalue weighted by atomic mass is 16.4. The summed E-state index contributed by atoms with van der Waals surface area (Å²) in [6, 6.07) is 0. The van der Waals surface area contributed by atoms with Crippen LogP contribution in [-0.4, -0.2) is 30.6 Å². The maximum absolute atomic E-state index is 10.5. The van der Waals surface area contributed by atoms with E-state index in [-0.39, 0.29) is 12.4 Å². The second-order valence-corrected chi connectivity index (χ2v) is 4.70. The Bertz CT molecular complexity index is 581. The molecule has 7 heteroatoms. The molecule has 0 amide bonds. The number of fused-ring (bicyclic) bond motifs is 1. The maximum atomic E-state index is 10.5. The van der Waals surface area contributed by atoms with Crippen LogP contribution in [0.5, 0.6) is 0 Å². The maximum Gasteiger partial charge on any atom is 0.303 e. The molecule has 0 bridgehead atoms. The Morgan fingerprint density at radius 2 is 2.26 bits per heavy atom. The van der Waals surface area contributed by atoms with Crippen molar-refractivity contribution in [3.63, 3.8) is 0 Å². The fourth-order valence-corrected chi connectivity index (χ4v) is 1.91. The van der Waals surface area contributed by atoms with E-state index in [0.29, 0.717) is 17.9 Å². The summed E-state index contributed by atoms with van der Waals surface area (Å²) in [6.45, 7) is 2.79. The largest absolute Gasteiger partial charge is 0.481 e. The number of imidazole rings is 1. The zero-order valence-electron chi connectivity index (χ0n) is 10.8. The summed E-state index contributed by atoms with van der Waals surface area (Å²) in [7, 11) is 0. The Morgan fingerprint density at radius 1 is 1.47 bits per heavy atom. The molecule has 3 N–H and O–H groups in total. The van der Waals surface area contributed by atoms with E-state index in [4.69, 9.17) is 10.8 Å². The molecule has 0 fully saturated rings. The van der Waals surface area contributed by atoms with Gasteiger partial charge in [0, 0.05) is 13.0 Å². The Hall–Kier alpha value is -2.18. The first-order valence-electron chi connectivity index (χ1n) is 6.21. The lowest BCUT2D eigenvalue weighted by molar-refractivity contribution is -0.137. The van der Waals surface area contributed by atoms with E-state index in [9.17, 15) is 4.79 Å². The summed E-state index contributed by atoms with van der Waals surface area (Å²) in [4.78, 5) is 22.8. The van der Waals surface area contributed by atoms with E-state index in [1.807, 2.05) is 11.5 Å².